The number of amides is 1. The molecule has 0 radical (unpaired) electrons. The van der Waals surface area contributed by atoms with Gasteiger partial charge in [0.1, 0.15) is 11.6 Å². The first-order valence-corrected chi connectivity index (χ1v) is 9.48. The molecule has 7 heteroatoms. The third-order valence-electron chi connectivity index (χ3n) is 4.00. The molecule has 1 aromatic carbocycles. The van der Waals surface area contributed by atoms with Gasteiger partial charge >= 0.3 is 0 Å². The second-order valence-electron chi connectivity index (χ2n) is 6.30. The fraction of sp³-hybridized carbons (Fsp3) is 0.381. The average Bonchev–Trinajstić information content (AvgIpc) is 2.70. The van der Waals surface area contributed by atoms with E-state index in [1.165, 1.54) is 5.56 Å². The Bertz CT molecular complexity index is 757. The molecule has 0 aliphatic heterocycles. The molecule has 2 rings (SSSR count). The Balaban J connectivity index is 1.75. The van der Waals surface area contributed by atoms with Gasteiger partial charge in [0, 0.05) is 25.7 Å². The number of hydrogen-bond acceptors (Lipinski definition) is 4. The predicted octanol–water partition coefficient (Wildman–Crippen LogP) is 2.53. The molecule has 1 heterocycles. The van der Waals surface area contributed by atoms with Gasteiger partial charge in [-0.1, -0.05) is 18.2 Å². The van der Waals surface area contributed by atoms with E-state index in [1.54, 1.807) is 19.4 Å². The highest BCUT2D eigenvalue weighted by Crippen LogP contribution is 2.11. The highest BCUT2D eigenvalue weighted by atomic mass is 16.5. The molecular formula is C21H29N5O2. The maximum Gasteiger partial charge on any atom is 0.227 e. The lowest BCUT2D eigenvalue weighted by Crippen LogP contribution is -2.38. The van der Waals surface area contributed by atoms with Crippen molar-refractivity contribution in [3.8, 4) is 5.75 Å². The van der Waals surface area contributed by atoms with Gasteiger partial charge in [-0.2, -0.15) is 0 Å². The van der Waals surface area contributed by atoms with Crippen molar-refractivity contribution in [1.82, 2.24) is 15.6 Å². The summed E-state index contributed by atoms with van der Waals surface area (Å²) >= 11 is 0. The van der Waals surface area contributed by atoms with E-state index < -0.39 is 0 Å². The molecule has 2 aromatic rings. The summed E-state index contributed by atoms with van der Waals surface area (Å²) in [7, 11) is 1.66. The van der Waals surface area contributed by atoms with Crippen LogP contribution in [0.15, 0.2) is 47.6 Å². The molecule has 0 spiro atoms. The van der Waals surface area contributed by atoms with E-state index in [2.05, 4.69) is 25.9 Å². The summed E-state index contributed by atoms with van der Waals surface area (Å²) in [5.41, 5.74) is 2.27. The number of aromatic nitrogens is 1. The van der Waals surface area contributed by atoms with Gasteiger partial charge in [-0.05, 0) is 49.6 Å². The summed E-state index contributed by atoms with van der Waals surface area (Å²) in [4.78, 5) is 20.6. The summed E-state index contributed by atoms with van der Waals surface area (Å²) in [5.74, 6) is 2.02. The second-order valence-corrected chi connectivity index (χ2v) is 6.30. The van der Waals surface area contributed by atoms with E-state index in [0.717, 1.165) is 30.8 Å². The maximum atomic E-state index is 12.0. The zero-order valence-corrected chi connectivity index (χ0v) is 16.8. The molecule has 0 fully saturated rings. The van der Waals surface area contributed by atoms with Crippen molar-refractivity contribution in [1.29, 1.82) is 0 Å². The first-order valence-electron chi connectivity index (χ1n) is 9.48. The number of pyridine rings is 1. The van der Waals surface area contributed by atoms with Gasteiger partial charge < -0.3 is 20.7 Å². The van der Waals surface area contributed by atoms with Gasteiger partial charge in [0.05, 0.1) is 13.7 Å². The Morgan fingerprint density at radius 2 is 1.93 bits per heavy atom. The van der Waals surface area contributed by atoms with Crippen LogP contribution in [0.4, 0.5) is 5.82 Å². The quantitative estimate of drug-likeness (QED) is 0.457. The second kappa shape index (κ2) is 11.6. The molecule has 28 heavy (non-hydrogen) atoms. The lowest BCUT2D eigenvalue weighted by atomic mass is 10.1. The lowest BCUT2D eigenvalue weighted by Gasteiger charge is -2.11. The Hall–Kier alpha value is -3.09. The van der Waals surface area contributed by atoms with Gasteiger partial charge in [0.15, 0.2) is 5.96 Å². The fourth-order valence-corrected chi connectivity index (χ4v) is 2.48. The number of aliphatic imine (C=N–C) groups is 1. The summed E-state index contributed by atoms with van der Waals surface area (Å²) < 4.78 is 5.17. The van der Waals surface area contributed by atoms with Gasteiger partial charge in [0.2, 0.25) is 5.91 Å². The minimum absolute atomic E-state index is 0.103. The van der Waals surface area contributed by atoms with Crippen LogP contribution < -0.4 is 20.7 Å². The predicted molar refractivity (Wildman–Crippen MR) is 113 cm³/mol. The number of benzene rings is 1. The SMILES string of the molecule is CCNC(=NCCC(=O)Nc1ccc(C)cn1)NCCc1ccc(OC)cc1. The number of methoxy groups -OCH3 is 1. The Kier molecular flexibility index (Phi) is 8.78. The monoisotopic (exact) mass is 383 g/mol. The number of anilines is 1. The zero-order valence-electron chi connectivity index (χ0n) is 16.8. The van der Waals surface area contributed by atoms with Crippen LogP contribution >= 0.6 is 0 Å². The molecule has 150 valence electrons. The van der Waals surface area contributed by atoms with Crippen LogP contribution in [-0.4, -0.2) is 43.6 Å². The highest BCUT2D eigenvalue weighted by Gasteiger charge is 2.04. The van der Waals surface area contributed by atoms with Crippen molar-refractivity contribution in [3.05, 3.63) is 53.7 Å². The van der Waals surface area contributed by atoms with E-state index in [-0.39, 0.29) is 5.91 Å². The summed E-state index contributed by atoms with van der Waals surface area (Å²) in [5, 5.41) is 9.26. The standard InChI is InChI=1S/C21H29N5O2/c1-4-22-21(23-13-11-17-6-8-18(28-3)9-7-17)24-14-12-20(27)26-19-10-5-16(2)15-25-19/h5-10,15H,4,11-14H2,1-3H3,(H2,22,23,24)(H,25,26,27). The van der Waals surface area contributed by atoms with E-state index >= 15 is 0 Å². The first-order chi connectivity index (χ1) is 13.6. The highest BCUT2D eigenvalue weighted by molar-refractivity contribution is 5.90. The van der Waals surface area contributed by atoms with E-state index in [0.29, 0.717) is 24.7 Å². The fourth-order valence-electron chi connectivity index (χ4n) is 2.48. The minimum atomic E-state index is -0.103. The third-order valence-corrected chi connectivity index (χ3v) is 4.00. The normalized spacial score (nSPS) is 11.0. The number of nitrogens with zero attached hydrogens (tertiary/aromatic N) is 2. The van der Waals surface area contributed by atoms with Crippen molar-refractivity contribution in [3.63, 3.8) is 0 Å². The first kappa shape index (κ1) is 21.2. The van der Waals surface area contributed by atoms with Crippen molar-refractivity contribution in [2.45, 2.75) is 26.7 Å². The smallest absolute Gasteiger partial charge is 0.227 e. The van der Waals surface area contributed by atoms with Crippen LogP contribution in [0.3, 0.4) is 0 Å². The van der Waals surface area contributed by atoms with Gasteiger partial charge in [-0.3, -0.25) is 9.79 Å². The number of nitrogens with one attached hydrogen (secondary N) is 3. The van der Waals surface area contributed by atoms with Gasteiger partial charge in [-0.25, -0.2) is 4.98 Å². The summed E-state index contributed by atoms with van der Waals surface area (Å²) in [6, 6.07) is 11.7. The molecule has 3 N–H and O–H groups in total. The molecule has 0 aliphatic rings. The number of hydrogen-bond donors (Lipinski definition) is 3. The van der Waals surface area contributed by atoms with Gasteiger partial charge in [-0.15, -0.1) is 0 Å². The number of guanidine groups is 1. The molecule has 1 amide bonds. The molecule has 1 aromatic heterocycles. The summed E-state index contributed by atoms with van der Waals surface area (Å²) in [6.07, 6.45) is 2.89. The topological polar surface area (TPSA) is 87.6 Å². The van der Waals surface area contributed by atoms with Crippen LogP contribution in [0, 0.1) is 6.92 Å². The summed E-state index contributed by atoms with van der Waals surface area (Å²) in [6.45, 7) is 5.87. The molecule has 0 bridgehead atoms. The van der Waals surface area contributed by atoms with Crippen molar-refractivity contribution in [2.75, 3.05) is 32.1 Å². The minimum Gasteiger partial charge on any atom is -0.497 e. The number of rotatable bonds is 9. The zero-order chi connectivity index (χ0) is 20.2. The largest absolute Gasteiger partial charge is 0.497 e. The molecule has 0 aliphatic carbocycles. The molecule has 0 unspecified atom stereocenters. The van der Waals surface area contributed by atoms with E-state index in [1.807, 2.05) is 44.2 Å². The Morgan fingerprint density at radius 1 is 1.14 bits per heavy atom. The molecule has 0 saturated carbocycles. The van der Waals surface area contributed by atoms with Crippen LogP contribution in [0.1, 0.15) is 24.5 Å². The van der Waals surface area contributed by atoms with Gasteiger partial charge in [0.25, 0.3) is 0 Å². The van der Waals surface area contributed by atoms with Crippen molar-refractivity contribution < 1.29 is 9.53 Å². The average molecular weight is 383 g/mol. The lowest BCUT2D eigenvalue weighted by molar-refractivity contribution is -0.116. The molecule has 0 saturated heterocycles. The van der Waals surface area contributed by atoms with Crippen LogP contribution in [-0.2, 0) is 11.2 Å². The van der Waals surface area contributed by atoms with Crippen LogP contribution in [0.5, 0.6) is 5.75 Å². The number of carbonyl (C=O) groups is 1. The van der Waals surface area contributed by atoms with E-state index in [9.17, 15) is 4.79 Å². The molecule has 7 nitrogen and oxygen atoms in total. The maximum absolute atomic E-state index is 12.0. The van der Waals surface area contributed by atoms with Crippen molar-refractivity contribution >= 4 is 17.7 Å². The Labute approximate surface area is 166 Å². The molecular weight excluding hydrogens is 354 g/mol. The van der Waals surface area contributed by atoms with Crippen molar-refractivity contribution in [2.24, 2.45) is 4.99 Å². The number of ether oxygens (including phenoxy) is 1. The number of carbonyl (C=O) groups excluding carboxylic acids is 1. The van der Waals surface area contributed by atoms with Crippen LogP contribution in [0.25, 0.3) is 0 Å². The van der Waals surface area contributed by atoms with Crippen LogP contribution in [0.2, 0.25) is 0 Å². The Morgan fingerprint density at radius 3 is 2.57 bits per heavy atom. The molecule has 0 atom stereocenters. The third kappa shape index (κ3) is 7.65. The van der Waals surface area contributed by atoms with E-state index in [4.69, 9.17) is 4.74 Å². The number of aryl methyl sites for hydroxylation is 1.